The Morgan fingerprint density at radius 2 is 1.73 bits per heavy atom. The van der Waals surface area contributed by atoms with E-state index in [1.807, 2.05) is 0 Å². The topological polar surface area (TPSA) is 46.5 Å². The lowest BCUT2D eigenvalue weighted by molar-refractivity contribution is -0.136. The molecule has 0 aromatic rings. The van der Waals surface area contributed by atoms with E-state index in [4.69, 9.17) is 9.84 Å². The lowest BCUT2D eigenvalue weighted by Crippen LogP contribution is -1.92. The summed E-state index contributed by atoms with van der Waals surface area (Å²) in [5.74, 6) is -0.776. The number of ether oxygens (including phenoxy) is 1. The van der Waals surface area contributed by atoms with E-state index in [1.54, 1.807) is 12.2 Å². The maximum Gasteiger partial charge on any atom is 0.303 e. The summed E-state index contributed by atoms with van der Waals surface area (Å²) in [5, 5.41) is 8.45. The van der Waals surface area contributed by atoms with Crippen LogP contribution in [0.2, 0.25) is 0 Å². The molecule has 0 heterocycles. The minimum Gasteiger partial charge on any atom is -0.481 e. The molecule has 0 rings (SSSR count). The molecule has 1 N–H and O–H groups in total. The predicted octanol–water partition coefficient (Wildman–Crippen LogP) is 5.28. The fourth-order valence-electron chi connectivity index (χ4n) is 1.98. The van der Waals surface area contributed by atoms with Crippen molar-refractivity contribution >= 4 is 5.97 Å². The monoisotopic (exact) mass is 308 g/mol. The van der Waals surface area contributed by atoms with Crippen LogP contribution < -0.4 is 0 Å². The third-order valence-electron chi connectivity index (χ3n) is 3.26. The van der Waals surface area contributed by atoms with Crippen LogP contribution in [0.1, 0.15) is 71.1 Å². The molecule has 0 atom stereocenters. The highest BCUT2D eigenvalue weighted by atomic mass is 16.5. The molecule has 3 heteroatoms. The van der Waals surface area contributed by atoms with E-state index in [-0.39, 0.29) is 6.42 Å². The molecule has 0 aromatic carbocycles. The Morgan fingerprint density at radius 3 is 2.50 bits per heavy atom. The normalized spacial score (nSPS) is 10.6. The summed E-state index contributed by atoms with van der Waals surface area (Å²) < 4.78 is 5.43. The lowest BCUT2D eigenvalue weighted by Gasteiger charge is -1.98. The van der Waals surface area contributed by atoms with Gasteiger partial charge in [-0.05, 0) is 37.8 Å². The van der Waals surface area contributed by atoms with Gasteiger partial charge in [0.1, 0.15) is 0 Å². The molecule has 22 heavy (non-hydrogen) atoms. The third kappa shape index (κ3) is 18.7. The number of hydrogen-bond donors (Lipinski definition) is 1. The molecular weight excluding hydrogens is 276 g/mol. The van der Waals surface area contributed by atoms with Crippen molar-refractivity contribution in [3.05, 3.63) is 30.0 Å². The lowest BCUT2D eigenvalue weighted by atomic mass is 10.1. The van der Waals surface area contributed by atoms with Gasteiger partial charge in [-0.15, -0.1) is 5.73 Å². The van der Waals surface area contributed by atoms with Crippen molar-refractivity contribution in [3.8, 4) is 0 Å². The first-order chi connectivity index (χ1) is 10.8. The van der Waals surface area contributed by atoms with Gasteiger partial charge in [-0.25, -0.2) is 0 Å². The van der Waals surface area contributed by atoms with Crippen LogP contribution in [0.5, 0.6) is 0 Å². The van der Waals surface area contributed by atoms with Gasteiger partial charge in [0, 0.05) is 6.42 Å². The minimum absolute atomic E-state index is 0.158. The summed E-state index contributed by atoms with van der Waals surface area (Å²) in [6.07, 6.45) is 18.9. The zero-order valence-electron chi connectivity index (χ0n) is 14.1. The molecule has 0 bridgehead atoms. The zero-order chi connectivity index (χ0) is 16.3. The van der Waals surface area contributed by atoms with Crippen molar-refractivity contribution in [1.29, 1.82) is 0 Å². The van der Waals surface area contributed by atoms with E-state index in [0.717, 1.165) is 13.0 Å². The molecular formula is C19H32O3. The van der Waals surface area contributed by atoms with Gasteiger partial charge in [0.05, 0.1) is 13.2 Å². The number of carboxylic acid groups (broad SMARTS) is 1. The van der Waals surface area contributed by atoms with E-state index in [1.165, 1.54) is 44.9 Å². The summed E-state index contributed by atoms with van der Waals surface area (Å²) in [6.45, 7) is 3.51. The van der Waals surface area contributed by atoms with E-state index in [0.29, 0.717) is 13.0 Å². The van der Waals surface area contributed by atoms with Gasteiger partial charge in [0.2, 0.25) is 0 Å². The van der Waals surface area contributed by atoms with Crippen molar-refractivity contribution in [3.63, 3.8) is 0 Å². The number of rotatable bonds is 15. The molecule has 0 saturated heterocycles. The number of carboxylic acids is 1. The number of aliphatic carboxylic acids is 1. The van der Waals surface area contributed by atoms with Crippen LogP contribution >= 0.6 is 0 Å². The summed E-state index contributed by atoms with van der Waals surface area (Å²) >= 11 is 0. The number of carbonyl (C=O) groups is 1. The highest BCUT2D eigenvalue weighted by Gasteiger charge is 1.90. The molecule has 3 nitrogen and oxygen atoms in total. The summed E-state index contributed by atoms with van der Waals surface area (Å²) in [5.41, 5.74) is 2.92. The molecule has 0 radical (unpaired) electrons. The molecule has 0 saturated carbocycles. The van der Waals surface area contributed by atoms with Gasteiger partial charge in [0.15, 0.2) is 0 Å². The minimum atomic E-state index is -0.776. The largest absolute Gasteiger partial charge is 0.481 e. The van der Waals surface area contributed by atoms with Crippen LogP contribution in [0.25, 0.3) is 0 Å². The van der Waals surface area contributed by atoms with Crippen LogP contribution in [0.3, 0.4) is 0 Å². The number of hydrogen-bond acceptors (Lipinski definition) is 2. The van der Waals surface area contributed by atoms with Gasteiger partial charge in [0.25, 0.3) is 0 Å². The average molecular weight is 308 g/mol. The van der Waals surface area contributed by atoms with Crippen molar-refractivity contribution in [2.24, 2.45) is 0 Å². The summed E-state index contributed by atoms with van der Waals surface area (Å²) in [4.78, 5) is 10.3. The molecule has 126 valence electrons. The maximum absolute atomic E-state index is 10.3. The molecule has 0 aliphatic rings. The first-order valence-corrected chi connectivity index (χ1v) is 8.61. The predicted molar refractivity (Wildman–Crippen MR) is 92.1 cm³/mol. The fourth-order valence-corrected chi connectivity index (χ4v) is 1.98. The SMILES string of the molecule is CCCCCCCCC=CCCOCC=C=CCCC(=O)O. The highest BCUT2D eigenvalue weighted by molar-refractivity contribution is 5.66. The van der Waals surface area contributed by atoms with Gasteiger partial charge < -0.3 is 9.84 Å². The van der Waals surface area contributed by atoms with E-state index < -0.39 is 5.97 Å². The molecule has 0 aromatic heterocycles. The van der Waals surface area contributed by atoms with Crippen LogP contribution in [0.4, 0.5) is 0 Å². The van der Waals surface area contributed by atoms with Crippen LogP contribution in [-0.2, 0) is 9.53 Å². The highest BCUT2D eigenvalue weighted by Crippen LogP contribution is 2.07. The standard InChI is InChI=1S/C19H32O3/c1-2-3-4-5-6-7-8-9-11-14-17-22-18-15-12-10-13-16-19(20)21/h9-11,15H,2-8,13-14,16-18H2,1H3,(H,20,21). The maximum atomic E-state index is 10.3. The summed E-state index contributed by atoms with van der Waals surface area (Å²) in [6, 6.07) is 0. The Balaban J connectivity index is 3.26. The molecule has 0 spiro atoms. The second-order valence-electron chi connectivity index (χ2n) is 5.40. The zero-order valence-corrected chi connectivity index (χ0v) is 14.1. The smallest absolute Gasteiger partial charge is 0.303 e. The quantitative estimate of drug-likeness (QED) is 0.254. The van der Waals surface area contributed by atoms with Gasteiger partial charge in [-0.2, -0.15) is 0 Å². The van der Waals surface area contributed by atoms with E-state index in [9.17, 15) is 4.79 Å². The Bertz CT molecular complexity index is 339. The third-order valence-corrected chi connectivity index (χ3v) is 3.26. The Kier molecular flexibility index (Phi) is 16.7. The average Bonchev–Trinajstić information content (AvgIpc) is 2.50. The Morgan fingerprint density at radius 1 is 1.00 bits per heavy atom. The molecule has 0 aliphatic heterocycles. The molecule has 0 aliphatic carbocycles. The number of unbranched alkanes of at least 4 members (excludes halogenated alkanes) is 6. The van der Waals surface area contributed by atoms with Crippen molar-refractivity contribution in [2.75, 3.05) is 13.2 Å². The first-order valence-electron chi connectivity index (χ1n) is 8.61. The fraction of sp³-hybridized carbons (Fsp3) is 0.684. The second-order valence-corrected chi connectivity index (χ2v) is 5.40. The number of allylic oxidation sites excluding steroid dienone is 1. The van der Waals surface area contributed by atoms with E-state index in [2.05, 4.69) is 24.8 Å². The van der Waals surface area contributed by atoms with E-state index >= 15 is 0 Å². The van der Waals surface area contributed by atoms with Crippen LogP contribution in [0.15, 0.2) is 30.0 Å². The van der Waals surface area contributed by atoms with Crippen molar-refractivity contribution in [2.45, 2.75) is 71.1 Å². The van der Waals surface area contributed by atoms with Crippen LogP contribution in [0, 0.1) is 0 Å². The Hall–Kier alpha value is -1.31. The molecule has 0 unspecified atom stereocenters. The van der Waals surface area contributed by atoms with Gasteiger partial charge in [-0.3, -0.25) is 4.79 Å². The summed E-state index contributed by atoms with van der Waals surface area (Å²) in [7, 11) is 0. The van der Waals surface area contributed by atoms with Crippen LogP contribution in [-0.4, -0.2) is 24.3 Å². The molecule has 0 fully saturated rings. The van der Waals surface area contributed by atoms with Crippen molar-refractivity contribution < 1.29 is 14.6 Å². The Labute approximate surface area is 135 Å². The van der Waals surface area contributed by atoms with Gasteiger partial charge >= 0.3 is 5.97 Å². The first kappa shape index (κ1) is 20.7. The molecule has 0 amide bonds. The second kappa shape index (κ2) is 17.7. The van der Waals surface area contributed by atoms with Crippen molar-refractivity contribution in [1.82, 2.24) is 0 Å². The van der Waals surface area contributed by atoms with Gasteiger partial charge in [-0.1, -0.05) is 51.2 Å².